The van der Waals surface area contributed by atoms with E-state index in [1.54, 1.807) is 0 Å². The van der Waals surface area contributed by atoms with Crippen molar-refractivity contribution in [2.24, 2.45) is 17.8 Å². The van der Waals surface area contributed by atoms with Crippen LogP contribution in [0.4, 0.5) is 0 Å². The Morgan fingerprint density at radius 1 is 0.593 bits per heavy atom. The van der Waals surface area contributed by atoms with Crippen LogP contribution < -0.4 is 0 Å². The van der Waals surface area contributed by atoms with Crippen molar-refractivity contribution < 1.29 is 48.2 Å². The molecule has 0 aromatic heterocycles. The van der Waals surface area contributed by atoms with Crippen molar-refractivity contribution in [3.05, 3.63) is 6.92 Å². The van der Waals surface area contributed by atoms with Crippen LogP contribution in [0.2, 0.25) is 0 Å². The van der Waals surface area contributed by atoms with Gasteiger partial charge in [0.15, 0.2) is 0 Å². The minimum Gasteiger partial charge on any atom is -0.381 e. The maximum absolute atomic E-state index is 5.93. The van der Waals surface area contributed by atoms with E-state index >= 15 is 0 Å². The Labute approximate surface area is 203 Å². The summed E-state index contributed by atoms with van der Waals surface area (Å²) in [5.74, 6) is 2.28. The molecule has 1 nitrogen and oxygen atoms in total. The molecule has 3 unspecified atom stereocenters. The molecule has 27 heavy (non-hydrogen) atoms. The van der Waals surface area contributed by atoms with Crippen molar-refractivity contribution in [1.82, 2.24) is 0 Å². The largest absolute Gasteiger partial charge is 0.381 e. The molecule has 0 aromatic rings. The van der Waals surface area contributed by atoms with Crippen molar-refractivity contribution in [1.29, 1.82) is 0 Å². The second-order valence-electron chi connectivity index (χ2n) is 7.79. The average Bonchev–Trinajstić information content (AvgIpc) is 2.65. The van der Waals surface area contributed by atoms with E-state index in [1.165, 1.54) is 77.0 Å². The molecule has 0 heterocycles. The Balaban J connectivity index is -0.000000226. The van der Waals surface area contributed by atoms with E-state index in [1.807, 2.05) is 0 Å². The fourth-order valence-electron chi connectivity index (χ4n) is 2.89. The molecule has 0 radical (unpaired) electrons. The van der Waals surface area contributed by atoms with Crippen molar-refractivity contribution in [3.63, 3.8) is 0 Å². The molecule has 3 atom stereocenters. The number of hydrogen-bond acceptors (Lipinski definition) is 1. The van der Waals surface area contributed by atoms with Crippen LogP contribution in [0.3, 0.4) is 0 Å². The standard InChI is InChI=1S/C16H34O.C8H17.2Ti/c1-5-9-11-15(7-3)13-17-14-16(8-4)12-10-6-2;1-4-6-7-8(3)5-2;;/h15-16H,5-14H2,1-4H3;8H,3-7H2,1-2H3;;/q;-1;;. The van der Waals surface area contributed by atoms with Crippen molar-refractivity contribution >= 4 is 0 Å². The first-order valence-electron chi connectivity index (χ1n) is 11.5. The molecule has 0 aliphatic heterocycles. The third kappa shape index (κ3) is 27.4. The Bertz CT molecular complexity index is 220. The first-order chi connectivity index (χ1) is 12.1. The maximum Gasteiger partial charge on any atom is 0.0494 e. The summed E-state index contributed by atoms with van der Waals surface area (Å²) in [6.45, 7) is 19.5. The van der Waals surface area contributed by atoms with Gasteiger partial charge in [-0.3, -0.25) is 0 Å². The number of rotatable bonds is 16. The molecule has 0 bridgehead atoms. The van der Waals surface area contributed by atoms with Crippen LogP contribution in [0.5, 0.6) is 0 Å². The number of ether oxygens (including phenoxy) is 1. The molecular formula is C24H51OTi2-. The van der Waals surface area contributed by atoms with Crippen LogP contribution in [0, 0.1) is 24.7 Å². The molecule has 0 spiro atoms. The molecular weight excluding hydrogens is 400 g/mol. The monoisotopic (exact) mass is 451 g/mol. The normalized spacial score (nSPS) is 13.4. The van der Waals surface area contributed by atoms with Crippen LogP contribution in [0.15, 0.2) is 0 Å². The van der Waals surface area contributed by atoms with Gasteiger partial charge in [-0.25, -0.2) is 0 Å². The molecule has 0 saturated carbocycles. The molecule has 0 aromatic carbocycles. The fourth-order valence-corrected chi connectivity index (χ4v) is 2.89. The Morgan fingerprint density at radius 2 is 0.963 bits per heavy atom. The zero-order valence-corrected chi connectivity index (χ0v) is 22.9. The topological polar surface area (TPSA) is 9.23 Å². The van der Waals surface area contributed by atoms with Gasteiger partial charge < -0.3 is 11.7 Å². The van der Waals surface area contributed by atoms with E-state index in [9.17, 15) is 0 Å². The molecule has 3 heteroatoms. The van der Waals surface area contributed by atoms with E-state index in [0.717, 1.165) is 25.0 Å². The molecule has 0 fully saturated rings. The Hall–Kier alpha value is 1.39. The summed E-state index contributed by atoms with van der Waals surface area (Å²) in [5.41, 5.74) is 0. The quantitative estimate of drug-likeness (QED) is 0.169. The molecule has 0 aliphatic carbocycles. The summed E-state index contributed by atoms with van der Waals surface area (Å²) in [7, 11) is 0. The number of unbranched alkanes of at least 4 members (excludes halogenated alkanes) is 3. The third-order valence-electron chi connectivity index (χ3n) is 5.34. The molecule has 162 valence electrons. The summed E-state index contributed by atoms with van der Waals surface area (Å²) in [6, 6.07) is 0. The zero-order chi connectivity index (χ0) is 19.3. The molecule has 0 amide bonds. The van der Waals surface area contributed by atoms with Crippen LogP contribution in [0.25, 0.3) is 0 Å². The summed E-state index contributed by atoms with van der Waals surface area (Å²) in [4.78, 5) is 0. The molecule has 0 aliphatic rings. The average molecular weight is 451 g/mol. The van der Waals surface area contributed by atoms with Crippen molar-refractivity contribution in [2.75, 3.05) is 13.2 Å². The minimum atomic E-state index is 0. The van der Waals surface area contributed by atoms with Crippen LogP contribution in [-0.4, -0.2) is 13.2 Å². The van der Waals surface area contributed by atoms with Crippen LogP contribution in [0.1, 0.15) is 119 Å². The van der Waals surface area contributed by atoms with E-state index in [0.29, 0.717) is 5.92 Å². The van der Waals surface area contributed by atoms with Crippen LogP contribution >= 0.6 is 0 Å². The smallest absolute Gasteiger partial charge is 0.0494 e. The van der Waals surface area contributed by atoms with E-state index in [2.05, 4.69) is 48.5 Å². The summed E-state index contributed by atoms with van der Waals surface area (Å²) >= 11 is 0. The zero-order valence-electron chi connectivity index (χ0n) is 19.7. The maximum atomic E-state index is 5.93. The third-order valence-corrected chi connectivity index (χ3v) is 5.34. The fraction of sp³-hybridized carbons (Fsp3) is 0.958. The first-order valence-corrected chi connectivity index (χ1v) is 11.5. The van der Waals surface area contributed by atoms with Gasteiger partial charge in [-0.1, -0.05) is 106 Å². The SMILES string of the molecule is CCCCC(CC)COCC(CC)CCCC.[CH2-]C(CC)CCCC.[Ti].[Ti]. The Kier molecular flexibility index (Phi) is 39.2. The first kappa shape index (κ1) is 35.8. The predicted molar refractivity (Wildman–Crippen MR) is 116 cm³/mol. The van der Waals surface area contributed by atoms with Gasteiger partial charge in [-0.15, -0.1) is 0 Å². The van der Waals surface area contributed by atoms with Gasteiger partial charge in [0.05, 0.1) is 0 Å². The van der Waals surface area contributed by atoms with Gasteiger partial charge in [0.2, 0.25) is 0 Å². The van der Waals surface area contributed by atoms with Gasteiger partial charge in [0, 0.05) is 56.6 Å². The Morgan fingerprint density at radius 3 is 1.26 bits per heavy atom. The molecule has 0 N–H and O–H groups in total. The van der Waals surface area contributed by atoms with Gasteiger partial charge in [-0.05, 0) is 24.7 Å². The predicted octanol–water partition coefficient (Wildman–Crippen LogP) is 8.47. The molecule has 0 rings (SSSR count). The van der Waals surface area contributed by atoms with Gasteiger partial charge in [0.1, 0.15) is 0 Å². The molecule has 0 saturated heterocycles. The van der Waals surface area contributed by atoms with E-state index < -0.39 is 0 Å². The van der Waals surface area contributed by atoms with Crippen molar-refractivity contribution in [2.45, 2.75) is 119 Å². The summed E-state index contributed by atoms with van der Waals surface area (Å²) in [6.07, 6.45) is 15.8. The second kappa shape index (κ2) is 29.6. The minimum absolute atomic E-state index is 0. The van der Waals surface area contributed by atoms with Gasteiger partial charge in [-0.2, -0.15) is 5.92 Å². The van der Waals surface area contributed by atoms with E-state index in [-0.39, 0.29) is 43.4 Å². The van der Waals surface area contributed by atoms with Crippen molar-refractivity contribution in [3.8, 4) is 0 Å². The van der Waals surface area contributed by atoms with Gasteiger partial charge >= 0.3 is 0 Å². The van der Waals surface area contributed by atoms with E-state index in [4.69, 9.17) is 4.74 Å². The second-order valence-corrected chi connectivity index (χ2v) is 7.79. The van der Waals surface area contributed by atoms with Gasteiger partial charge in [0.25, 0.3) is 0 Å². The summed E-state index contributed by atoms with van der Waals surface area (Å²) < 4.78 is 5.93. The summed E-state index contributed by atoms with van der Waals surface area (Å²) in [5, 5.41) is 0. The van der Waals surface area contributed by atoms with Crippen LogP contribution in [-0.2, 0) is 48.2 Å². The number of hydrogen-bond donors (Lipinski definition) is 0.